The van der Waals surface area contributed by atoms with Crippen LogP contribution in [0.15, 0.2) is 54.6 Å². The summed E-state index contributed by atoms with van der Waals surface area (Å²) in [5, 5.41) is 6.03. The second-order valence-corrected chi connectivity index (χ2v) is 10.1. The molecule has 4 rings (SSSR count). The van der Waals surface area contributed by atoms with Gasteiger partial charge >= 0.3 is 6.03 Å². The lowest BCUT2D eigenvalue weighted by atomic mass is 9.96. The Morgan fingerprint density at radius 2 is 1.82 bits per heavy atom. The van der Waals surface area contributed by atoms with Crippen molar-refractivity contribution in [1.29, 1.82) is 0 Å². The third-order valence-corrected chi connectivity index (χ3v) is 6.88. The number of fused-ring (bicyclic) bond motifs is 1. The monoisotopic (exact) mass is 519 g/mol. The second kappa shape index (κ2) is 12.1. The number of piperazine rings is 1. The number of amides is 4. The Bertz CT molecular complexity index is 1180. The molecule has 0 saturated carbocycles. The fourth-order valence-corrected chi connectivity index (χ4v) is 5.08. The van der Waals surface area contributed by atoms with Crippen molar-refractivity contribution in [3.05, 3.63) is 71.5 Å². The van der Waals surface area contributed by atoms with E-state index < -0.39 is 12.2 Å². The summed E-state index contributed by atoms with van der Waals surface area (Å²) in [5.41, 5.74) is 1.83. The minimum atomic E-state index is -0.699. The van der Waals surface area contributed by atoms with Gasteiger partial charge in [0.2, 0.25) is 11.8 Å². The van der Waals surface area contributed by atoms with Gasteiger partial charge < -0.3 is 15.1 Å². The van der Waals surface area contributed by atoms with Crippen molar-refractivity contribution in [2.24, 2.45) is 5.92 Å². The molecule has 200 valence electrons. The predicted octanol–water partition coefficient (Wildman–Crippen LogP) is 2.86. The van der Waals surface area contributed by atoms with Gasteiger partial charge in [0.05, 0.1) is 19.6 Å². The highest BCUT2D eigenvalue weighted by atomic mass is 19.1. The van der Waals surface area contributed by atoms with Gasteiger partial charge in [-0.05, 0) is 42.0 Å². The average molecular weight is 520 g/mol. The Balaban J connectivity index is 1.61. The maximum atomic E-state index is 13.6. The molecule has 8 nitrogen and oxygen atoms in total. The van der Waals surface area contributed by atoms with Crippen molar-refractivity contribution in [2.45, 2.75) is 45.4 Å². The molecular formula is C29H34FN5O3. The van der Waals surface area contributed by atoms with Crippen molar-refractivity contribution >= 4 is 17.8 Å². The lowest BCUT2D eigenvalue weighted by Gasteiger charge is -2.55. The fraction of sp³-hybridized carbons (Fsp3) is 0.414. The molecule has 2 fully saturated rings. The minimum Gasteiger partial charge on any atom is -0.337 e. The van der Waals surface area contributed by atoms with Crippen LogP contribution in [-0.2, 0) is 22.6 Å². The number of nitrogens with zero attached hydrogens (tertiary/aromatic N) is 4. The van der Waals surface area contributed by atoms with Crippen LogP contribution < -0.4 is 5.32 Å². The predicted molar refractivity (Wildman–Crippen MR) is 141 cm³/mol. The summed E-state index contributed by atoms with van der Waals surface area (Å²) < 4.78 is 13.4. The van der Waals surface area contributed by atoms with Gasteiger partial charge in [-0.15, -0.1) is 6.42 Å². The first-order valence-electron chi connectivity index (χ1n) is 12.9. The second-order valence-electron chi connectivity index (χ2n) is 10.1. The van der Waals surface area contributed by atoms with E-state index in [0.29, 0.717) is 25.9 Å². The Hall–Kier alpha value is -3.90. The van der Waals surface area contributed by atoms with Crippen LogP contribution in [-0.4, -0.2) is 76.0 Å². The van der Waals surface area contributed by atoms with Crippen molar-refractivity contribution in [3.63, 3.8) is 0 Å². The topological polar surface area (TPSA) is 76.2 Å². The zero-order chi connectivity index (χ0) is 27.2. The molecule has 38 heavy (non-hydrogen) atoms. The summed E-state index contributed by atoms with van der Waals surface area (Å²) in [6.07, 6.45) is 5.90. The molecule has 2 aromatic rings. The number of carbonyl (C=O) groups excluding carboxylic acids is 3. The molecule has 0 radical (unpaired) electrons. The van der Waals surface area contributed by atoms with E-state index in [1.807, 2.05) is 44.2 Å². The SMILES string of the molecule is C#CCN1CC(=O)N2[C@@H](CC(C)C)C(=O)N(CCc3ccc(F)cc3)C[C@@H]2N1C(=O)NCc1ccccc1. The number of hydrazine groups is 1. The summed E-state index contributed by atoms with van der Waals surface area (Å²) in [6, 6.07) is 14.7. The van der Waals surface area contributed by atoms with Gasteiger partial charge in [-0.1, -0.05) is 62.2 Å². The summed E-state index contributed by atoms with van der Waals surface area (Å²) >= 11 is 0. The van der Waals surface area contributed by atoms with E-state index in [4.69, 9.17) is 6.42 Å². The molecule has 1 N–H and O–H groups in total. The number of hydrogen-bond acceptors (Lipinski definition) is 4. The lowest BCUT2D eigenvalue weighted by Crippen LogP contribution is -2.76. The van der Waals surface area contributed by atoms with Crippen LogP contribution >= 0.6 is 0 Å². The standard InChI is InChI=1S/C29H34FN5O3/c1-4-15-33-20-27(36)34-25(17-21(2)3)28(37)32(16-14-22-10-12-24(30)13-11-22)19-26(34)35(33)29(38)31-18-23-8-6-5-7-9-23/h1,5-13,21,25-26H,14-20H2,2-3H3,(H,31,38)/t25-,26-/m0/s1. The van der Waals surface area contributed by atoms with E-state index in [0.717, 1.165) is 11.1 Å². The highest BCUT2D eigenvalue weighted by Crippen LogP contribution is 2.29. The van der Waals surface area contributed by atoms with Crippen molar-refractivity contribution < 1.29 is 18.8 Å². The molecule has 0 aliphatic carbocycles. The molecule has 0 unspecified atom stereocenters. The number of carbonyl (C=O) groups is 3. The van der Waals surface area contributed by atoms with Gasteiger partial charge in [0.1, 0.15) is 18.0 Å². The molecule has 2 heterocycles. The smallest absolute Gasteiger partial charge is 0.334 e. The Morgan fingerprint density at radius 1 is 1.11 bits per heavy atom. The third kappa shape index (κ3) is 6.14. The zero-order valence-electron chi connectivity index (χ0n) is 21.8. The Morgan fingerprint density at radius 3 is 2.47 bits per heavy atom. The number of nitrogens with one attached hydrogen (secondary N) is 1. The normalized spacial score (nSPS) is 19.9. The summed E-state index contributed by atoms with van der Waals surface area (Å²) in [5.74, 6) is 2.02. The molecule has 0 bridgehead atoms. The molecule has 2 aliphatic rings. The largest absolute Gasteiger partial charge is 0.337 e. The van der Waals surface area contributed by atoms with Crippen LogP contribution in [0.25, 0.3) is 0 Å². The molecule has 2 saturated heterocycles. The van der Waals surface area contributed by atoms with E-state index in [9.17, 15) is 18.8 Å². The lowest BCUT2D eigenvalue weighted by molar-refractivity contribution is -0.189. The van der Waals surface area contributed by atoms with Gasteiger partial charge in [0.25, 0.3) is 0 Å². The zero-order valence-corrected chi connectivity index (χ0v) is 21.8. The first kappa shape index (κ1) is 27.1. The summed E-state index contributed by atoms with van der Waals surface area (Å²) in [7, 11) is 0. The van der Waals surface area contributed by atoms with Crippen molar-refractivity contribution in [2.75, 3.05) is 26.2 Å². The van der Waals surface area contributed by atoms with E-state index in [2.05, 4.69) is 11.2 Å². The van der Waals surface area contributed by atoms with Crippen molar-refractivity contribution in [3.8, 4) is 12.3 Å². The van der Waals surface area contributed by atoms with Gasteiger partial charge in [0.15, 0.2) is 0 Å². The van der Waals surface area contributed by atoms with Crippen LogP contribution in [0.1, 0.15) is 31.4 Å². The highest BCUT2D eigenvalue weighted by molar-refractivity contribution is 5.91. The molecule has 0 spiro atoms. The van der Waals surface area contributed by atoms with Crippen LogP contribution in [0.3, 0.4) is 0 Å². The number of urea groups is 1. The molecule has 2 aliphatic heterocycles. The number of halogens is 1. The van der Waals surface area contributed by atoms with E-state index in [1.54, 1.807) is 26.9 Å². The number of benzene rings is 2. The molecule has 4 amide bonds. The molecular weight excluding hydrogens is 485 g/mol. The van der Waals surface area contributed by atoms with Crippen molar-refractivity contribution in [1.82, 2.24) is 25.1 Å². The van der Waals surface area contributed by atoms with E-state index in [-0.39, 0.29) is 49.2 Å². The maximum Gasteiger partial charge on any atom is 0.334 e. The molecule has 9 heteroatoms. The van der Waals surface area contributed by atoms with Crippen LogP contribution in [0.4, 0.5) is 9.18 Å². The Labute approximate surface area is 223 Å². The highest BCUT2D eigenvalue weighted by Gasteiger charge is 2.51. The average Bonchev–Trinajstić information content (AvgIpc) is 2.89. The molecule has 0 aromatic heterocycles. The molecule has 2 aromatic carbocycles. The van der Waals surface area contributed by atoms with Gasteiger partial charge in [-0.3, -0.25) is 9.59 Å². The fourth-order valence-electron chi connectivity index (χ4n) is 5.08. The van der Waals surface area contributed by atoms with Gasteiger partial charge in [-0.25, -0.2) is 14.2 Å². The minimum absolute atomic E-state index is 0.0766. The van der Waals surface area contributed by atoms with E-state index >= 15 is 0 Å². The van der Waals surface area contributed by atoms with Crippen LogP contribution in [0, 0.1) is 24.1 Å². The first-order chi connectivity index (χ1) is 18.3. The van der Waals surface area contributed by atoms with E-state index in [1.165, 1.54) is 17.1 Å². The number of hydrogen-bond donors (Lipinski definition) is 1. The number of terminal acetylenes is 1. The quantitative estimate of drug-likeness (QED) is 0.545. The first-order valence-corrected chi connectivity index (χ1v) is 12.9. The summed E-state index contributed by atoms with van der Waals surface area (Å²) in [6.45, 7) is 4.84. The maximum absolute atomic E-state index is 13.6. The Kier molecular flexibility index (Phi) is 8.64. The summed E-state index contributed by atoms with van der Waals surface area (Å²) in [4.78, 5) is 43.9. The van der Waals surface area contributed by atoms with Crippen LogP contribution in [0.5, 0.6) is 0 Å². The third-order valence-electron chi connectivity index (χ3n) is 6.88. The molecule has 2 atom stereocenters. The van der Waals surface area contributed by atoms with Gasteiger partial charge in [0, 0.05) is 13.1 Å². The number of rotatable bonds is 8. The van der Waals surface area contributed by atoms with Gasteiger partial charge in [-0.2, -0.15) is 5.01 Å². The van der Waals surface area contributed by atoms with Crippen LogP contribution in [0.2, 0.25) is 0 Å².